The van der Waals surface area contributed by atoms with E-state index in [0.29, 0.717) is 0 Å². The van der Waals surface area contributed by atoms with Gasteiger partial charge in [0.25, 0.3) is 0 Å². The Hall–Kier alpha value is -0.746. The summed E-state index contributed by atoms with van der Waals surface area (Å²) in [4.78, 5) is 0. The van der Waals surface area contributed by atoms with Gasteiger partial charge >= 0.3 is 6.69 Å². The minimum absolute atomic E-state index is 0.174. The first-order chi connectivity index (χ1) is 10.5. The van der Waals surface area contributed by atoms with Crippen molar-refractivity contribution in [2.75, 3.05) is 0 Å². The molecule has 0 atom stereocenters. The van der Waals surface area contributed by atoms with E-state index >= 15 is 0 Å². The summed E-state index contributed by atoms with van der Waals surface area (Å²) in [5.41, 5.74) is 0. The quantitative estimate of drug-likeness (QED) is 0.527. The van der Waals surface area contributed by atoms with E-state index < -0.39 is 15.0 Å². The second-order valence-corrected chi connectivity index (χ2v) is 18.3. The Morgan fingerprint density at radius 1 is 0.783 bits per heavy atom. The zero-order chi connectivity index (χ0) is 17.3. The summed E-state index contributed by atoms with van der Waals surface area (Å²) in [6.45, 7) is 8.52. The van der Waals surface area contributed by atoms with Crippen molar-refractivity contribution in [1.82, 2.24) is 0 Å². The summed E-state index contributed by atoms with van der Waals surface area (Å²) >= 11 is 13.4. The first-order valence-electron chi connectivity index (χ1n) is 7.77. The highest BCUT2D eigenvalue weighted by Crippen LogP contribution is 2.37. The van der Waals surface area contributed by atoms with E-state index in [1.807, 2.05) is 54.6 Å². The molecule has 5 heteroatoms. The number of halogens is 2. The van der Waals surface area contributed by atoms with Crippen molar-refractivity contribution < 1.29 is 4.43 Å². The van der Waals surface area contributed by atoms with Gasteiger partial charge in [-0.3, -0.25) is 0 Å². The van der Waals surface area contributed by atoms with Crippen LogP contribution in [-0.4, -0.2) is 15.0 Å². The number of rotatable bonds is 4. The number of hydrogen-bond acceptors (Lipinski definition) is 1. The first-order valence-corrected chi connectivity index (χ1v) is 14.7. The summed E-state index contributed by atoms with van der Waals surface area (Å²) in [7, 11) is -1.83. The molecule has 0 saturated heterocycles. The van der Waals surface area contributed by atoms with Gasteiger partial charge in [-0.2, -0.15) is 0 Å². The summed E-state index contributed by atoms with van der Waals surface area (Å²) in [5.74, 6) is 0.895. The highest BCUT2D eigenvalue weighted by atomic mass is 35.7. The largest absolute Gasteiger partial charge is 0.544 e. The summed E-state index contributed by atoms with van der Waals surface area (Å²) < 4.78 is 6.31. The maximum atomic E-state index is 6.72. The van der Waals surface area contributed by atoms with E-state index in [1.165, 1.54) is 0 Å². The van der Waals surface area contributed by atoms with Crippen LogP contribution in [0.1, 0.15) is 20.8 Å². The molecule has 2 aromatic carbocycles. The molecule has 0 saturated carbocycles. The van der Waals surface area contributed by atoms with Crippen LogP contribution in [-0.2, 0) is 0 Å². The van der Waals surface area contributed by atoms with Crippen LogP contribution in [0.25, 0.3) is 0 Å². The summed E-state index contributed by atoms with van der Waals surface area (Å²) in [5, 5.41) is 2.16. The van der Waals surface area contributed by atoms with Gasteiger partial charge in [-0.1, -0.05) is 63.2 Å². The molecular weight excluding hydrogens is 359 g/mol. The predicted octanol–water partition coefficient (Wildman–Crippen LogP) is 5.10. The molecule has 2 aromatic rings. The second kappa shape index (κ2) is 6.63. The maximum Gasteiger partial charge on any atom is 0.310 e. The van der Waals surface area contributed by atoms with Crippen LogP contribution in [0.4, 0.5) is 0 Å². The van der Waals surface area contributed by atoms with Crippen molar-refractivity contribution in [3.8, 4) is 5.75 Å². The lowest BCUT2D eigenvalue weighted by Gasteiger charge is -2.36. The van der Waals surface area contributed by atoms with Gasteiger partial charge in [0.05, 0.1) is 0 Å². The fourth-order valence-electron chi connectivity index (χ4n) is 1.99. The molecule has 0 bridgehead atoms. The van der Waals surface area contributed by atoms with Crippen LogP contribution < -0.4 is 14.8 Å². The molecule has 0 unspecified atom stereocenters. The van der Waals surface area contributed by atoms with Crippen molar-refractivity contribution >= 4 is 47.5 Å². The molecule has 23 heavy (non-hydrogen) atoms. The van der Waals surface area contributed by atoms with Crippen LogP contribution in [0.2, 0.25) is 18.1 Å². The first kappa shape index (κ1) is 18.6. The van der Waals surface area contributed by atoms with E-state index in [4.69, 9.17) is 26.6 Å². The smallest absolute Gasteiger partial charge is 0.310 e. The Bertz CT molecular complexity index is 647. The minimum atomic E-state index is -2.67. The fourth-order valence-corrected chi connectivity index (χ4v) is 6.07. The molecule has 0 radical (unpaired) electrons. The second-order valence-electron chi connectivity index (χ2n) is 7.33. The Kier molecular flexibility index (Phi) is 5.36. The highest BCUT2D eigenvalue weighted by molar-refractivity contribution is 7.56. The lowest BCUT2D eigenvalue weighted by atomic mass is 10.2. The Morgan fingerprint density at radius 3 is 1.74 bits per heavy atom. The standard InChI is InChI=1S/C18H24Cl2OSi2/c1-18(2,3)22(4,5)21-15-11-13-17(14-12-15)23(19,20)16-9-7-6-8-10-16/h6-14H,1-5H3. The third kappa shape index (κ3) is 4.21. The number of benzene rings is 2. The van der Waals surface area contributed by atoms with E-state index in [2.05, 4.69) is 33.9 Å². The van der Waals surface area contributed by atoms with Crippen molar-refractivity contribution in [3.63, 3.8) is 0 Å². The average Bonchev–Trinajstić information content (AvgIpc) is 2.47. The molecule has 0 spiro atoms. The lowest BCUT2D eigenvalue weighted by Crippen LogP contribution is -2.48. The monoisotopic (exact) mass is 382 g/mol. The third-order valence-corrected chi connectivity index (χ3v) is 13.6. The Morgan fingerprint density at radius 2 is 1.26 bits per heavy atom. The molecule has 0 fully saturated rings. The Balaban J connectivity index is 2.23. The van der Waals surface area contributed by atoms with Gasteiger partial charge in [0.15, 0.2) is 0 Å². The van der Waals surface area contributed by atoms with Gasteiger partial charge in [-0.25, -0.2) is 0 Å². The van der Waals surface area contributed by atoms with Crippen molar-refractivity contribution in [2.24, 2.45) is 0 Å². The fraction of sp³-hybridized carbons (Fsp3) is 0.333. The van der Waals surface area contributed by atoms with Crippen LogP contribution in [0.5, 0.6) is 5.75 Å². The number of hydrogen-bond donors (Lipinski definition) is 0. The van der Waals surface area contributed by atoms with Gasteiger partial charge in [0, 0.05) is 0 Å². The van der Waals surface area contributed by atoms with Crippen molar-refractivity contribution in [3.05, 3.63) is 54.6 Å². The molecular formula is C18H24Cl2OSi2. The Labute approximate surface area is 151 Å². The van der Waals surface area contributed by atoms with E-state index in [9.17, 15) is 0 Å². The third-order valence-electron chi connectivity index (χ3n) is 4.53. The van der Waals surface area contributed by atoms with Crippen LogP contribution in [0.15, 0.2) is 54.6 Å². The molecule has 0 aliphatic carbocycles. The van der Waals surface area contributed by atoms with E-state index in [-0.39, 0.29) is 5.04 Å². The van der Waals surface area contributed by atoms with Crippen molar-refractivity contribution in [2.45, 2.75) is 38.9 Å². The molecule has 124 valence electrons. The lowest BCUT2D eigenvalue weighted by molar-refractivity contribution is 0.492. The molecule has 1 nitrogen and oxygen atoms in total. The van der Waals surface area contributed by atoms with E-state index in [0.717, 1.165) is 16.1 Å². The summed E-state index contributed by atoms with van der Waals surface area (Å²) in [6.07, 6.45) is 0. The van der Waals surface area contributed by atoms with Gasteiger partial charge in [-0.05, 0) is 40.6 Å². The zero-order valence-electron chi connectivity index (χ0n) is 14.4. The van der Waals surface area contributed by atoms with Crippen LogP contribution in [0, 0.1) is 0 Å². The van der Waals surface area contributed by atoms with E-state index in [1.54, 1.807) is 0 Å². The molecule has 2 rings (SSSR count). The highest BCUT2D eigenvalue weighted by Gasteiger charge is 2.39. The molecule has 0 heterocycles. The van der Waals surface area contributed by atoms with Crippen molar-refractivity contribution in [1.29, 1.82) is 0 Å². The SMILES string of the molecule is CC(C)(C)[Si](C)(C)Oc1ccc([Si](Cl)(Cl)c2ccccc2)cc1. The molecule has 0 aliphatic heterocycles. The topological polar surface area (TPSA) is 9.23 Å². The van der Waals surface area contributed by atoms with Crippen LogP contribution in [0.3, 0.4) is 0 Å². The van der Waals surface area contributed by atoms with Gasteiger partial charge in [-0.15, -0.1) is 22.2 Å². The average molecular weight is 383 g/mol. The molecule has 0 aliphatic rings. The van der Waals surface area contributed by atoms with Crippen LogP contribution >= 0.6 is 22.2 Å². The zero-order valence-corrected chi connectivity index (χ0v) is 17.9. The molecule has 0 amide bonds. The minimum Gasteiger partial charge on any atom is -0.544 e. The normalized spacial score (nSPS) is 13.0. The molecule has 0 N–H and O–H groups in total. The van der Waals surface area contributed by atoms with Gasteiger partial charge in [0.1, 0.15) is 5.75 Å². The predicted molar refractivity (Wildman–Crippen MR) is 107 cm³/mol. The maximum absolute atomic E-state index is 6.72. The molecule has 0 aromatic heterocycles. The van der Waals surface area contributed by atoms with Gasteiger partial charge < -0.3 is 4.43 Å². The summed E-state index contributed by atoms with van der Waals surface area (Å²) in [6, 6.07) is 17.9. The van der Waals surface area contributed by atoms with Gasteiger partial charge in [0.2, 0.25) is 8.32 Å².